The zero-order chi connectivity index (χ0) is 23.8. The highest BCUT2D eigenvalue weighted by Crippen LogP contribution is 2.42. The van der Waals surface area contributed by atoms with Crippen LogP contribution in [0.15, 0.2) is 36.4 Å². The predicted octanol–water partition coefficient (Wildman–Crippen LogP) is 5.28. The Bertz CT molecular complexity index is 1230. The Labute approximate surface area is 204 Å². The van der Waals surface area contributed by atoms with Crippen molar-refractivity contribution in [2.24, 2.45) is 23.7 Å². The first kappa shape index (κ1) is 23.3. The molecule has 2 aromatic carbocycles. The molecule has 2 nitrogen and oxygen atoms in total. The molecule has 2 aromatic rings. The highest BCUT2D eigenvalue weighted by molar-refractivity contribution is 5.96. The topological polar surface area (TPSA) is 31.2 Å². The van der Waals surface area contributed by atoms with Crippen molar-refractivity contribution in [3.63, 3.8) is 0 Å². The van der Waals surface area contributed by atoms with Crippen LogP contribution in [0.4, 0.5) is 0 Å². The third-order valence-corrected chi connectivity index (χ3v) is 9.24. The van der Waals surface area contributed by atoms with Crippen LogP contribution in [0, 0.1) is 23.7 Å². The molecule has 0 spiro atoms. The van der Waals surface area contributed by atoms with Crippen LogP contribution in [0.3, 0.4) is 0 Å². The van der Waals surface area contributed by atoms with E-state index < -0.39 is 0 Å². The summed E-state index contributed by atoms with van der Waals surface area (Å²) >= 11 is 0. The maximum absolute atomic E-state index is 12.4. The lowest BCUT2D eigenvalue weighted by Gasteiger charge is -2.38. The van der Waals surface area contributed by atoms with Gasteiger partial charge in [-0.3, -0.25) is 4.79 Å². The molecule has 0 aromatic heterocycles. The number of para-hydroxylation sites is 1. The van der Waals surface area contributed by atoms with Gasteiger partial charge in [0.2, 0.25) is 0 Å². The minimum atomic E-state index is 0.0662. The van der Waals surface area contributed by atoms with Gasteiger partial charge in [-0.1, -0.05) is 75.5 Å². The number of aryl methyl sites for hydroxylation is 1. The van der Waals surface area contributed by atoms with Gasteiger partial charge in [0.1, 0.15) is 5.78 Å². The number of carbonyl (C=O) groups is 1. The molecule has 5 rings (SSSR count). The smallest absolute Gasteiger partial charge is 0.298 e. The molecule has 2 aliphatic carbocycles. The molecule has 1 fully saturated rings. The zero-order valence-corrected chi connectivity index (χ0v) is 21.4. The first-order valence-electron chi connectivity index (χ1n) is 13.6. The molecule has 0 amide bonds. The van der Waals surface area contributed by atoms with Crippen LogP contribution >= 0.6 is 0 Å². The summed E-state index contributed by atoms with van der Waals surface area (Å²) in [6.07, 6.45) is 13.1. The predicted molar refractivity (Wildman–Crippen MR) is 142 cm³/mol. The van der Waals surface area contributed by atoms with Crippen LogP contribution in [0.25, 0.3) is 6.08 Å². The standard InChI is InChI=1S/C32H40NO/c1-20-17-24(7-5-8-26-9-6-10-27-15-16-33-31(26)27)11-13-28(20)21(2)18-25-12-14-29-22(3)32(34)23(4)30(29)19-25/h6,9-10,12,14-16,19-24,28H,5,7-8,11,13,17-18H2,1-4H3/q+1/t20-,21-,22?,23?,24+,28+/m0/s1. The van der Waals surface area contributed by atoms with Gasteiger partial charge in [0, 0.05) is 23.5 Å². The molecule has 3 aliphatic rings. The van der Waals surface area contributed by atoms with Gasteiger partial charge in [-0.05, 0) is 78.5 Å². The number of rotatable bonds is 7. The van der Waals surface area contributed by atoms with Crippen molar-refractivity contribution in [2.75, 3.05) is 0 Å². The molecular weight excluding hydrogens is 414 g/mol. The fourth-order valence-electron chi connectivity index (χ4n) is 7.24. The van der Waals surface area contributed by atoms with Gasteiger partial charge >= 0.3 is 5.36 Å². The third kappa shape index (κ3) is 4.46. The number of nitrogens with zero attached hydrogens (tertiary/aromatic N) is 1. The van der Waals surface area contributed by atoms with Crippen LogP contribution in [-0.2, 0) is 17.6 Å². The zero-order valence-electron chi connectivity index (χ0n) is 21.4. The molecule has 1 heterocycles. The summed E-state index contributed by atoms with van der Waals surface area (Å²) in [7, 11) is 0. The Morgan fingerprint density at radius 1 is 1.03 bits per heavy atom. The average Bonchev–Trinajstić information content (AvgIpc) is 3.39. The molecule has 1 saturated carbocycles. The van der Waals surface area contributed by atoms with E-state index in [4.69, 9.17) is 0 Å². The lowest BCUT2D eigenvalue weighted by Crippen LogP contribution is -2.29. The molecule has 178 valence electrons. The van der Waals surface area contributed by atoms with Gasteiger partial charge in [-0.15, -0.1) is 0 Å². The second-order valence-corrected chi connectivity index (χ2v) is 11.5. The van der Waals surface area contributed by atoms with Crippen molar-refractivity contribution in [3.8, 4) is 0 Å². The lowest BCUT2D eigenvalue weighted by atomic mass is 9.68. The van der Waals surface area contributed by atoms with Gasteiger partial charge in [-0.25, -0.2) is 0 Å². The molecule has 0 radical (unpaired) electrons. The minimum absolute atomic E-state index is 0.0662. The Balaban J connectivity index is 1.14. The fourth-order valence-corrected chi connectivity index (χ4v) is 7.24. The van der Waals surface area contributed by atoms with Gasteiger partial charge < -0.3 is 0 Å². The molecule has 2 unspecified atom stereocenters. The van der Waals surface area contributed by atoms with E-state index in [-0.39, 0.29) is 11.8 Å². The maximum Gasteiger partial charge on any atom is 0.337 e. The number of fused-ring (bicyclic) bond motifs is 2. The van der Waals surface area contributed by atoms with Gasteiger partial charge in [0.15, 0.2) is 0 Å². The fraction of sp³-hybridized carbons (Fsp3) is 0.531. The van der Waals surface area contributed by atoms with Crippen molar-refractivity contribution in [2.45, 2.75) is 84.5 Å². The van der Waals surface area contributed by atoms with E-state index in [1.807, 2.05) is 6.21 Å². The van der Waals surface area contributed by atoms with Crippen molar-refractivity contribution >= 4 is 18.1 Å². The van der Waals surface area contributed by atoms with Gasteiger partial charge in [-0.2, -0.15) is 0 Å². The van der Waals surface area contributed by atoms with E-state index in [2.05, 4.69) is 74.8 Å². The second-order valence-electron chi connectivity index (χ2n) is 11.5. The second kappa shape index (κ2) is 9.67. The molecule has 0 N–H and O–H groups in total. The monoisotopic (exact) mass is 454 g/mol. The van der Waals surface area contributed by atoms with Crippen LogP contribution in [0.1, 0.15) is 93.9 Å². The summed E-state index contributed by atoms with van der Waals surface area (Å²) in [6.45, 7) is 9.09. The van der Waals surface area contributed by atoms with E-state index in [1.54, 1.807) is 0 Å². The van der Waals surface area contributed by atoms with Crippen LogP contribution < -0.4 is 15.2 Å². The largest absolute Gasteiger partial charge is 0.337 e. The van der Waals surface area contributed by atoms with E-state index in [0.717, 1.165) is 30.6 Å². The number of benzene rings is 2. The Hall–Kier alpha value is -2.44. The van der Waals surface area contributed by atoms with E-state index in [9.17, 15) is 4.79 Å². The summed E-state index contributed by atoms with van der Waals surface area (Å²) in [5, 5.41) is 2.48. The highest BCUT2D eigenvalue weighted by Gasteiger charge is 2.34. The molecule has 2 heteroatoms. The molecule has 34 heavy (non-hydrogen) atoms. The first-order valence-corrected chi connectivity index (χ1v) is 13.6. The number of Topliss-reactive ketones (excluding diaryl/α,β-unsaturated/α-hetero) is 1. The summed E-state index contributed by atoms with van der Waals surface area (Å²) in [5.41, 5.74) is 5.38. The molecular formula is C32H40NO+. The maximum atomic E-state index is 12.4. The van der Waals surface area contributed by atoms with Crippen molar-refractivity contribution in [1.29, 1.82) is 0 Å². The van der Waals surface area contributed by atoms with Gasteiger partial charge in [0.25, 0.3) is 6.21 Å². The quantitative estimate of drug-likeness (QED) is 0.524. The normalized spacial score (nSPS) is 28.2. The molecule has 0 bridgehead atoms. The van der Waals surface area contributed by atoms with E-state index in [0.29, 0.717) is 11.7 Å². The summed E-state index contributed by atoms with van der Waals surface area (Å²) in [6, 6.07) is 13.5. The Morgan fingerprint density at radius 3 is 2.68 bits per heavy atom. The number of ketones is 1. The van der Waals surface area contributed by atoms with Gasteiger partial charge in [0.05, 0.1) is 5.22 Å². The SMILES string of the molecule is CC1C(=O)C(C)c2cc(C[C@H](C)[C@@H]3CC[C@@H](CCCc4cccc5c4=[N+]=CC=5)C[C@@H]3C)ccc21. The first-order chi connectivity index (χ1) is 16.4. The van der Waals surface area contributed by atoms with E-state index in [1.165, 1.54) is 64.9 Å². The van der Waals surface area contributed by atoms with Crippen molar-refractivity contribution in [3.05, 3.63) is 69.2 Å². The van der Waals surface area contributed by atoms with Crippen LogP contribution in [0.5, 0.6) is 0 Å². The van der Waals surface area contributed by atoms with Crippen molar-refractivity contribution in [1.82, 2.24) is 4.67 Å². The number of hydrogen-bond donors (Lipinski definition) is 0. The average molecular weight is 455 g/mol. The minimum Gasteiger partial charge on any atom is -0.298 e. The molecule has 0 saturated heterocycles. The van der Waals surface area contributed by atoms with E-state index >= 15 is 0 Å². The molecule has 6 atom stereocenters. The third-order valence-electron chi connectivity index (χ3n) is 9.24. The lowest BCUT2D eigenvalue weighted by molar-refractivity contribution is -0.120. The number of hydrogen-bond acceptors (Lipinski definition) is 1. The van der Waals surface area contributed by atoms with Crippen LogP contribution in [-0.4, -0.2) is 12.0 Å². The van der Waals surface area contributed by atoms with Crippen molar-refractivity contribution < 1.29 is 4.79 Å². The Morgan fingerprint density at radius 2 is 1.85 bits per heavy atom. The molecule has 1 aliphatic heterocycles. The number of carbonyl (C=O) groups excluding carboxylic acids is 1. The summed E-state index contributed by atoms with van der Waals surface area (Å²) in [5.74, 6) is 3.69. The Kier molecular flexibility index (Phi) is 6.63. The highest BCUT2D eigenvalue weighted by atomic mass is 16.1. The summed E-state index contributed by atoms with van der Waals surface area (Å²) in [4.78, 5) is 12.4. The van der Waals surface area contributed by atoms with Crippen LogP contribution in [0.2, 0.25) is 0 Å². The summed E-state index contributed by atoms with van der Waals surface area (Å²) < 4.78 is 4.57.